The van der Waals surface area contributed by atoms with Crippen LogP contribution in [0.3, 0.4) is 0 Å². The van der Waals surface area contributed by atoms with Crippen LogP contribution in [0.4, 0.5) is 5.82 Å². The number of anilines is 1. The summed E-state index contributed by atoms with van der Waals surface area (Å²) in [5, 5.41) is 30.4. The van der Waals surface area contributed by atoms with Gasteiger partial charge in [0.1, 0.15) is 29.7 Å². The summed E-state index contributed by atoms with van der Waals surface area (Å²) in [5.74, 6) is 0.227. The van der Waals surface area contributed by atoms with Crippen LogP contribution in [-0.4, -0.2) is 58.8 Å². The highest BCUT2D eigenvalue weighted by molar-refractivity contribution is 5.81. The van der Waals surface area contributed by atoms with E-state index in [9.17, 15) is 15.3 Å². The fraction of sp³-hybridized carbons (Fsp3) is 0.583. The maximum Gasteiger partial charge on any atom is 0.167 e. The van der Waals surface area contributed by atoms with Crippen molar-refractivity contribution in [2.24, 2.45) is 0 Å². The Morgan fingerprint density at radius 3 is 2.71 bits per heavy atom. The second-order valence-electron chi connectivity index (χ2n) is 5.54. The summed E-state index contributed by atoms with van der Waals surface area (Å²) in [5.41, 5.74) is 5.42. The lowest BCUT2D eigenvalue weighted by atomic mass is 9.73. The first kappa shape index (κ1) is 12.9. The molecule has 4 rings (SSSR count). The highest BCUT2D eigenvalue weighted by Crippen LogP contribution is 2.49. The summed E-state index contributed by atoms with van der Waals surface area (Å²) in [6.45, 7) is 0. The third kappa shape index (κ3) is 1.51. The van der Waals surface area contributed by atoms with Crippen molar-refractivity contribution in [1.29, 1.82) is 0 Å². The summed E-state index contributed by atoms with van der Waals surface area (Å²) in [7, 11) is 0. The zero-order chi connectivity index (χ0) is 14.8. The Balaban J connectivity index is 1.78. The van der Waals surface area contributed by atoms with Gasteiger partial charge in [-0.2, -0.15) is 0 Å². The third-order valence-electron chi connectivity index (χ3n) is 4.49. The Hall–Kier alpha value is -1.81. The molecule has 0 radical (unpaired) electrons. The number of aromatic nitrogens is 4. The Kier molecular flexibility index (Phi) is 2.52. The minimum Gasteiger partial charge on any atom is -0.390 e. The quantitative estimate of drug-likeness (QED) is 0.501. The van der Waals surface area contributed by atoms with Crippen LogP contribution in [0.5, 0.6) is 0 Å². The van der Waals surface area contributed by atoms with Gasteiger partial charge in [0, 0.05) is 0 Å². The molecule has 21 heavy (non-hydrogen) atoms. The molecule has 1 aliphatic carbocycles. The molecule has 9 heteroatoms. The summed E-state index contributed by atoms with van der Waals surface area (Å²) < 4.78 is 7.29. The van der Waals surface area contributed by atoms with E-state index in [0.717, 1.165) is 0 Å². The number of fused-ring (bicyclic) bond motifs is 1. The molecule has 3 heterocycles. The molecule has 1 saturated carbocycles. The lowest BCUT2D eigenvalue weighted by Gasteiger charge is -2.44. The zero-order valence-corrected chi connectivity index (χ0v) is 11.0. The molecule has 5 atom stereocenters. The average molecular weight is 293 g/mol. The molecule has 2 aromatic rings. The SMILES string of the molecule is Nc1ncnc2c1ncn2[C@@H]1O[C@]2(CC[C@@H]2O)C(O)[C@@H]1O. The predicted molar refractivity (Wildman–Crippen MR) is 69.8 cm³/mol. The molecule has 0 bridgehead atoms. The minimum atomic E-state index is -1.19. The number of ether oxygens (including phenoxy) is 1. The van der Waals surface area contributed by atoms with Crippen molar-refractivity contribution in [2.75, 3.05) is 5.73 Å². The number of imidazole rings is 1. The van der Waals surface area contributed by atoms with E-state index in [1.807, 2.05) is 0 Å². The summed E-state index contributed by atoms with van der Waals surface area (Å²) in [6, 6.07) is 0. The second kappa shape index (κ2) is 4.10. The molecule has 2 fully saturated rings. The number of nitrogens with two attached hydrogens (primary N) is 1. The van der Waals surface area contributed by atoms with Crippen LogP contribution in [0.2, 0.25) is 0 Å². The maximum atomic E-state index is 10.3. The van der Waals surface area contributed by atoms with Crippen LogP contribution >= 0.6 is 0 Å². The van der Waals surface area contributed by atoms with Gasteiger partial charge < -0.3 is 25.8 Å². The summed E-state index contributed by atoms with van der Waals surface area (Å²) >= 11 is 0. The standard InChI is InChI=1S/C12H15N5O4/c13-9-6-10(15-3-14-9)17(4-16-6)11-7(19)8(20)12(21-11)2-1-5(12)18/h3-5,7-8,11,18-20H,1-2H2,(H2,13,14,15)/t5-,7-,8?,11+,12-/m0/s1. The van der Waals surface area contributed by atoms with Gasteiger partial charge in [-0.05, 0) is 12.8 Å². The van der Waals surface area contributed by atoms with E-state index in [1.54, 1.807) is 0 Å². The van der Waals surface area contributed by atoms with Crippen molar-refractivity contribution in [2.45, 2.75) is 43.0 Å². The van der Waals surface area contributed by atoms with Crippen molar-refractivity contribution in [3.05, 3.63) is 12.7 Å². The van der Waals surface area contributed by atoms with Crippen molar-refractivity contribution in [3.8, 4) is 0 Å². The van der Waals surface area contributed by atoms with Crippen molar-refractivity contribution in [3.63, 3.8) is 0 Å². The van der Waals surface area contributed by atoms with E-state index in [0.29, 0.717) is 24.0 Å². The molecule has 1 unspecified atom stereocenters. The number of aliphatic hydroxyl groups excluding tert-OH is 3. The van der Waals surface area contributed by atoms with Crippen molar-refractivity contribution in [1.82, 2.24) is 19.5 Å². The van der Waals surface area contributed by atoms with E-state index in [-0.39, 0.29) is 5.82 Å². The molecule has 112 valence electrons. The van der Waals surface area contributed by atoms with E-state index in [4.69, 9.17) is 10.5 Å². The van der Waals surface area contributed by atoms with Gasteiger partial charge in [-0.1, -0.05) is 0 Å². The van der Waals surface area contributed by atoms with Crippen LogP contribution in [0.1, 0.15) is 19.1 Å². The average Bonchev–Trinajstić information content (AvgIpc) is 3.01. The molecule has 1 spiro atoms. The molecule has 0 aromatic carbocycles. The van der Waals surface area contributed by atoms with Gasteiger partial charge in [-0.3, -0.25) is 4.57 Å². The fourth-order valence-electron chi connectivity index (χ4n) is 3.13. The number of nitrogens with zero attached hydrogens (tertiary/aromatic N) is 4. The zero-order valence-electron chi connectivity index (χ0n) is 11.0. The van der Waals surface area contributed by atoms with Gasteiger partial charge in [0.15, 0.2) is 17.7 Å². The first-order valence-corrected chi connectivity index (χ1v) is 6.69. The Bertz CT molecular complexity index is 706. The lowest BCUT2D eigenvalue weighted by molar-refractivity contribution is -0.213. The third-order valence-corrected chi connectivity index (χ3v) is 4.49. The number of hydrogen-bond donors (Lipinski definition) is 4. The molecule has 2 aliphatic rings. The van der Waals surface area contributed by atoms with Gasteiger partial charge >= 0.3 is 0 Å². The largest absolute Gasteiger partial charge is 0.390 e. The van der Waals surface area contributed by atoms with Crippen LogP contribution < -0.4 is 5.73 Å². The molecule has 1 aliphatic heterocycles. The van der Waals surface area contributed by atoms with Crippen LogP contribution in [0, 0.1) is 0 Å². The van der Waals surface area contributed by atoms with E-state index in [1.165, 1.54) is 17.2 Å². The fourth-order valence-corrected chi connectivity index (χ4v) is 3.13. The van der Waals surface area contributed by atoms with E-state index < -0.39 is 30.1 Å². The second-order valence-corrected chi connectivity index (χ2v) is 5.54. The first-order valence-electron chi connectivity index (χ1n) is 6.69. The highest BCUT2D eigenvalue weighted by atomic mass is 16.6. The number of hydrogen-bond acceptors (Lipinski definition) is 8. The van der Waals surface area contributed by atoms with E-state index in [2.05, 4.69) is 15.0 Å². The summed E-state index contributed by atoms with van der Waals surface area (Å²) in [4.78, 5) is 12.0. The molecular formula is C12H15N5O4. The Morgan fingerprint density at radius 1 is 1.29 bits per heavy atom. The van der Waals surface area contributed by atoms with Crippen LogP contribution in [0.15, 0.2) is 12.7 Å². The number of aliphatic hydroxyl groups is 3. The van der Waals surface area contributed by atoms with Crippen molar-refractivity contribution < 1.29 is 20.1 Å². The molecule has 2 aromatic heterocycles. The van der Waals surface area contributed by atoms with Gasteiger partial charge in [-0.15, -0.1) is 0 Å². The van der Waals surface area contributed by atoms with Gasteiger partial charge in [0.2, 0.25) is 0 Å². The van der Waals surface area contributed by atoms with Gasteiger partial charge in [0.05, 0.1) is 12.4 Å². The molecule has 1 saturated heterocycles. The van der Waals surface area contributed by atoms with E-state index >= 15 is 0 Å². The van der Waals surface area contributed by atoms with Crippen LogP contribution in [-0.2, 0) is 4.74 Å². The monoisotopic (exact) mass is 293 g/mol. The molecule has 9 nitrogen and oxygen atoms in total. The Labute approximate surface area is 119 Å². The first-order chi connectivity index (χ1) is 10.0. The minimum absolute atomic E-state index is 0.227. The molecular weight excluding hydrogens is 278 g/mol. The Morgan fingerprint density at radius 2 is 2.10 bits per heavy atom. The normalized spacial score (nSPS) is 39.0. The van der Waals surface area contributed by atoms with Crippen LogP contribution in [0.25, 0.3) is 11.2 Å². The molecule has 0 amide bonds. The smallest absolute Gasteiger partial charge is 0.167 e. The topological polar surface area (TPSA) is 140 Å². The lowest BCUT2D eigenvalue weighted by Crippen LogP contribution is -2.59. The van der Waals surface area contributed by atoms with Crippen molar-refractivity contribution >= 4 is 17.0 Å². The predicted octanol–water partition coefficient (Wildman–Crippen LogP) is -1.45. The number of nitrogen functional groups attached to an aromatic ring is 1. The van der Waals surface area contributed by atoms with Gasteiger partial charge in [0.25, 0.3) is 0 Å². The maximum absolute atomic E-state index is 10.3. The molecule has 5 N–H and O–H groups in total. The number of rotatable bonds is 1. The highest BCUT2D eigenvalue weighted by Gasteiger charge is 2.63. The summed E-state index contributed by atoms with van der Waals surface area (Å²) in [6.07, 6.45) is -0.266. The van der Waals surface area contributed by atoms with Gasteiger partial charge in [-0.25, -0.2) is 15.0 Å².